The van der Waals surface area contributed by atoms with E-state index in [1.165, 1.54) is 24.0 Å². The molecule has 0 saturated heterocycles. The fourth-order valence-corrected chi connectivity index (χ4v) is 2.63. The molecule has 0 fully saturated rings. The minimum Gasteiger partial charge on any atom is -0.392 e. The molecular weight excluding hydrogens is 234 g/mol. The van der Waals surface area contributed by atoms with Gasteiger partial charge < -0.3 is 10.4 Å². The van der Waals surface area contributed by atoms with E-state index in [4.69, 9.17) is 0 Å². The lowest BCUT2D eigenvalue weighted by Gasteiger charge is -2.23. The summed E-state index contributed by atoms with van der Waals surface area (Å²) in [5, 5.41) is 12.6. The highest BCUT2D eigenvalue weighted by Gasteiger charge is 2.18. The van der Waals surface area contributed by atoms with Crippen molar-refractivity contribution in [1.29, 1.82) is 0 Å². The summed E-state index contributed by atoms with van der Waals surface area (Å²) in [5.74, 6) is 0.481. The Morgan fingerprint density at radius 1 is 1.32 bits per heavy atom. The van der Waals surface area contributed by atoms with Crippen molar-refractivity contribution in [3.8, 4) is 0 Å². The molecule has 0 radical (unpaired) electrons. The number of fused-ring (bicyclic) bond motifs is 1. The van der Waals surface area contributed by atoms with E-state index in [0.717, 1.165) is 31.5 Å². The highest BCUT2D eigenvalue weighted by molar-refractivity contribution is 5.44. The Kier molecular flexibility index (Phi) is 5.62. The molecule has 1 atom stereocenters. The summed E-state index contributed by atoms with van der Waals surface area (Å²) < 4.78 is 0. The fourth-order valence-electron chi connectivity index (χ4n) is 2.63. The molecule has 104 valence electrons. The second-order valence-corrected chi connectivity index (χ2v) is 5.39. The van der Waals surface area contributed by atoms with Crippen LogP contribution in [-0.4, -0.2) is 24.8 Å². The zero-order chi connectivity index (χ0) is 13.5. The summed E-state index contributed by atoms with van der Waals surface area (Å²) in [7, 11) is 0. The number of hydrogen-bond donors (Lipinski definition) is 2. The topological polar surface area (TPSA) is 32.3 Å². The van der Waals surface area contributed by atoms with Crippen molar-refractivity contribution in [1.82, 2.24) is 5.32 Å². The quantitative estimate of drug-likeness (QED) is 0.688. The molecule has 2 heteroatoms. The minimum atomic E-state index is 0.188. The molecule has 0 saturated carbocycles. The van der Waals surface area contributed by atoms with Gasteiger partial charge in [-0.3, -0.25) is 0 Å². The number of hydrogen-bond acceptors (Lipinski definition) is 2. The van der Waals surface area contributed by atoms with E-state index in [2.05, 4.69) is 42.6 Å². The van der Waals surface area contributed by atoms with Gasteiger partial charge in [0.15, 0.2) is 0 Å². The molecule has 2 nitrogen and oxygen atoms in total. The van der Waals surface area contributed by atoms with E-state index in [0.29, 0.717) is 5.92 Å². The van der Waals surface area contributed by atoms with E-state index in [9.17, 15) is 5.11 Å². The summed E-state index contributed by atoms with van der Waals surface area (Å²) in [6.45, 7) is 4.62. The fraction of sp³-hybridized carbons (Fsp3) is 0.529. The molecule has 0 aromatic heterocycles. The largest absolute Gasteiger partial charge is 0.392 e. The van der Waals surface area contributed by atoms with E-state index in [1.807, 2.05) is 0 Å². The van der Waals surface area contributed by atoms with Gasteiger partial charge in [0.25, 0.3) is 0 Å². The van der Waals surface area contributed by atoms with Crippen molar-refractivity contribution in [2.24, 2.45) is 5.92 Å². The van der Waals surface area contributed by atoms with Crippen molar-refractivity contribution in [3.05, 3.63) is 47.1 Å². The SMILES string of the molecule is CCCNCCCC1=CC2=CC=C(CO)CC2C=C1. The maximum Gasteiger partial charge on any atom is 0.0645 e. The molecule has 0 aliphatic heterocycles. The summed E-state index contributed by atoms with van der Waals surface area (Å²) in [6, 6.07) is 0. The molecule has 2 rings (SSSR count). The van der Waals surface area contributed by atoms with Gasteiger partial charge >= 0.3 is 0 Å². The standard InChI is InChI=1S/C17H25NO/c1-2-9-18-10-3-4-14-5-7-17-12-15(13-19)6-8-16(17)11-14/h5-8,11,17-19H,2-4,9-10,12-13H2,1H3. The number of nitrogens with one attached hydrogen (secondary N) is 1. The molecule has 0 amide bonds. The lowest BCUT2D eigenvalue weighted by molar-refractivity contribution is 0.323. The van der Waals surface area contributed by atoms with Crippen LogP contribution in [0.5, 0.6) is 0 Å². The maximum atomic E-state index is 9.18. The van der Waals surface area contributed by atoms with Crippen molar-refractivity contribution in [2.75, 3.05) is 19.7 Å². The monoisotopic (exact) mass is 259 g/mol. The minimum absolute atomic E-state index is 0.188. The van der Waals surface area contributed by atoms with Gasteiger partial charge in [0, 0.05) is 5.92 Å². The zero-order valence-electron chi connectivity index (χ0n) is 11.9. The van der Waals surface area contributed by atoms with Crippen molar-refractivity contribution < 1.29 is 5.11 Å². The Balaban J connectivity index is 1.84. The molecule has 0 bridgehead atoms. The first-order valence-electron chi connectivity index (χ1n) is 7.43. The lowest BCUT2D eigenvalue weighted by Crippen LogP contribution is -2.16. The highest BCUT2D eigenvalue weighted by atomic mass is 16.3. The molecule has 2 aliphatic rings. The third-order valence-electron chi connectivity index (χ3n) is 3.77. The van der Waals surface area contributed by atoms with Crippen LogP contribution in [-0.2, 0) is 0 Å². The van der Waals surface area contributed by atoms with E-state index < -0.39 is 0 Å². The molecule has 0 heterocycles. The van der Waals surface area contributed by atoms with Gasteiger partial charge in [-0.05, 0) is 55.5 Å². The molecular formula is C17H25NO. The van der Waals surface area contributed by atoms with Gasteiger partial charge in [-0.1, -0.05) is 37.3 Å². The van der Waals surface area contributed by atoms with Crippen molar-refractivity contribution in [3.63, 3.8) is 0 Å². The van der Waals surface area contributed by atoms with Crippen LogP contribution in [0.1, 0.15) is 32.6 Å². The first-order chi connectivity index (χ1) is 9.33. The normalized spacial score (nSPS) is 21.6. The molecule has 2 N–H and O–H groups in total. The summed E-state index contributed by atoms with van der Waals surface area (Å²) in [5.41, 5.74) is 3.97. The van der Waals surface area contributed by atoms with E-state index in [-0.39, 0.29) is 6.61 Å². The highest BCUT2D eigenvalue weighted by Crippen LogP contribution is 2.32. The van der Waals surface area contributed by atoms with Crippen LogP contribution in [0.15, 0.2) is 47.1 Å². The van der Waals surface area contributed by atoms with Crippen LogP contribution < -0.4 is 5.32 Å². The van der Waals surface area contributed by atoms with Crippen LogP contribution in [0.4, 0.5) is 0 Å². The average Bonchev–Trinajstić information content (AvgIpc) is 2.46. The van der Waals surface area contributed by atoms with Crippen LogP contribution in [0.2, 0.25) is 0 Å². The first kappa shape index (κ1) is 14.3. The summed E-state index contributed by atoms with van der Waals surface area (Å²) >= 11 is 0. The third-order valence-corrected chi connectivity index (χ3v) is 3.77. The summed E-state index contributed by atoms with van der Waals surface area (Å²) in [6.07, 6.45) is 15.7. The smallest absolute Gasteiger partial charge is 0.0645 e. The van der Waals surface area contributed by atoms with Gasteiger partial charge in [0.05, 0.1) is 6.61 Å². The van der Waals surface area contributed by atoms with E-state index >= 15 is 0 Å². The predicted molar refractivity (Wildman–Crippen MR) is 81.0 cm³/mol. The molecule has 19 heavy (non-hydrogen) atoms. The Labute approximate surface area is 116 Å². The zero-order valence-corrected chi connectivity index (χ0v) is 11.9. The number of allylic oxidation sites excluding steroid dienone is 7. The lowest BCUT2D eigenvalue weighted by atomic mass is 9.82. The second kappa shape index (κ2) is 7.46. The number of aliphatic hydroxyl groups is 1. The van der Waals surface area contributed by atoms with Crippen LogP contribution in [0, 0.1) is 5.92 Å². The van der Waals surface area contributed by atoms with Gasteiger partial charge in [-0.15, -0.1) is 0 Å². The maximum absolute atomic E-state index is 9.18. The molecule has 2 aliphatic carbocycles. The molecule has 0 aromatic carbocycles. The Morgan fingerprint density at radius 2 is 2.21 bits per heavy atom. The Bertz CT molecular complexity index is 415. The number of aliphatic hydroxyl groups excluding tert-OH is 1. The Morgan fingerprint density at radius 3 is 3.00 bits per heavy atom. The van der Waals surface area contributed by atoms with Crippen molar-refractivity contribution >= 4 is 0 Å². The molecule has 0 spiro atoms. The van der Waals surface area contributed by atoms with Gasteiger partial charge in [0.2, 0.25) is 0 Å². The van der Waals surface area contributed by atoms with Crippen LogP contribution in [0.25, 0.3) is 0 Å². The van der Waals surface area contributed by atoms with Gasteiger partial charge in [-0.2, -0.15) is 0 Å². The van der Waals surface area contributed by atoms with Crippen molar-refractivity contribution in [2.45, 2.75) is 32.6 Å². The van der Waals surface area contributed by atoms with Crippen LogP contribution in [0.3, 0.4) is 0 Å². The first-order valence-corrected chi connectivity index (χ1v) is 7.43. The van der Waals surface area contributed by atoms with Gasteiger partial charge in [0.1, 0.15) is 0 Å². The van der Waals surface area contributed by atoms with Gasteiger partial charge in [-0.25, -0.2) is 0 Å². The second-order valence-electron chi connectivity index (χ2n) is 5.39. The number of rotatable bonds is 7. The predicted octanol–water partition coefficient (Wildman–Crippen LogP) is 3.13. The summed E-state index contributed by atoms with van der Waals surface area (Å²) in [4.78, 5) is 0. The van der Waals surface area contributed by atoms with Crippen LogP contribution >= 0.6 is 0 Å². The average molecular weight is 259 g/mol. The molecule has 0 aromatic rings. The third kappa shape index (κ3) is 4.19. The Hall–Kier alpha value is -1.12. The van der Waals surface area contributed by atoms with E-state index in [1.54, 1.807) is 0 Å². The molecule has 1 unspecified atom stereocenters.